The Kier molecular flexibility index (Phi) is 7.10. The quantitative estimate of drug-likeness (QED) is 0.469. The molecule has 1 saturated carbocycles. The molecule has 0 aliphatic heterocycles. The van der Waals surface area contributed by atoms with Crippen LogP contribution in [0.15, 0.2) is 59.8 Å². The average molecular weight is 465 g/mol. The highest BCUT2D eigenvalue weighted by Gasteiger charge is 2.32. The highest BCUT2D eigenvalue weighted by atomic mass is 19.1. The molecule has 2 aliphatic carbocycles. The number of benzene rings is 1. The monoisotopic (exact) mass is 464 g/mol. The van der Waals surface area contributed by atoms with Crippen molar-refractivity contribution < 1.29 is 23.8 Å². The molecule has 1 aromatic heterocycles. The Morgan fingerprint density at radius 1 is 1.18 bits per heavy atom. The number of nitrogens with zero attached hydrogens (tertiary/aromatic N) is 1. The van der Waals surface area contributed by atoms with Gasteiger partial charge in [-0.25, -0.2) is 9.18 Å². The first-order valence-electron chi connectivity index (χ1n) is 11.7. The molecule has 1 aromatic carbocycles. The molecule has 2 N–H and O–H groups in total. The van der Waals surface area contributed by atoms with Crippen LogP contribution < -0.4 is 5.32 Å². The van der Waals surface area contributed by atoms with Crippen molar-refractivity contribution in [2.45, 2.75) is 51.9 Å². The maximum atomic E-state index is 15.0. The summed E-state index contributed by atoms with van der Waals surface area (Å²) in [5.74, 6) is -0.798. The van der Waals surface area contributed by atoms with Crippen LogP contribution in [0.3, 0.4) is 0 Å². The van der Waals surface area contributed by atoms with Crippen LogP contribution in [0.5, 0.6) is 0 Å². The Morgan fingerprint density at radius 3 is 2.50 bits per heavy atom. The van der Waals surface area contributed by atoms with Gasteiger partial charge in [0, 0.05) is 23.9 Å². The van der Waals surface area contributed by atoms with Gasteiger partial charge in [0.15, 0.2) is 0 Å². The summed E-state index contributed by atoms with van der Waals surface area (Å²) < 4.78 is 20.7. The predicted molar refractivity (Wildman–Crippen MR) is 128 cm³/mol. The zero-order valence-corrected chi connectivity index (χ0v) is 19.4. The zero-order valence-electron chi connectivity index (χ0n) is 19.4. The number of allylic oxidation sites excluding steroid dienone is 4. The summed E-state index contributed by atoms with van der Waals surface area (Å²) >= 11 is 0. The number of pyridine rings is 1. The normalized spacial score (nSPS) is 16.9. The molecule has 0 radical (unpaired) electrons. The highest BCUT2D eigenvalue weighted by Crippen LogP contribution is 2.40. The van der Waals surface area contributed by atoms with E-state index in [1.807, 2.05) is 13.0 Å². The first-order chi connectivity index (χ1) is 16.4. The van der Waals surface area contributed by atoms with Gasteiger partial charge in [-0.15, -0.1) is 0 Å². The number of rotatable bonds is 9. The number of carbonyl (C=O) groups excluding carboxylic acids is 1. The van der Waals surface area contributed by atoms with Crippen LogP contribution in [0.25, 0.3) is 5.57 Å². The van der Waals surface area contributed by atoms with Gasteiger partial charge in [-0.05, 0) is 68.5 Å². The van der Waals surface area contributed by atoms with Crippen LogP contribution >= 0.6 is 0 Å². The van der Waals surface area contributed by atoms with E-state index < -0.39 is 11.9 Å². The molecule has 0 bridgehead atoms. The minimum atomic E-state index is -1.02. The molecular weight excluding hydrogens is 435 g/mol. The van der Waals surface area contributed by atoms with E-state index in [1.54, 1.807) is 31.3 Å². The summed E-state index contributed by atoms with van der Waals surface area (Å²) in [5.41, 5.74) is 3.10. The van der Waals surface area contributed by atoms with E-state index in [2.05, 4.69) is 10.3 Å². The van der Waals surface area contributed by atoms with Crippen molar-refractivity contribution in [2.75, 3.05) is 11.9 Å². The third-order valence-electron chi connectivity index (χ3n) is 6.33. The molecule has 1 amide bonds. The van der Waals surface area contributed by atoms with Gasteiger partial charge in [-0.3, -0.25) is 9.78 Å². The van der Waals surface area contributed by atoms with E-state index in [0.29, 0.717) is 65.6 Å². The third-order valence-corrected chi connectivity index (χ3v) is 6.33. The van der Waals surface area contributed by atoms with Crippen molar-refractivity contribution in [3.8, 4) is 0 Å². The topological polar surface area (TPSA) is 88.5 Å². The molecule has 6 nitrogen and oxygen atoms in total. The van der Waals surface area contributed by atoms with Crippen molar-refractivity contribution in [3.63, 3.8) is 0 Å². The largest absolute Gasteiger partial charge is 0.497 e. The minimum absolute atomic E-state index is 0.157. The molecule has 0 saturated heterocycles. The van der Waals surface area contributed by atoms with Gasteiger partial charge in [0.2, 0.25) is 5.91 Å². The van der Waals surface area contributed by atoms with Gasteiger partial charge in [0.1, 0.15) is 11.6 Å². The number of ether oxygens (including phenoxy) is 1. The zero-order chi connectivity index (χ0) is 24.2. The van der Waals surface area contributed by atoms with Gasteiger partial charge in [-0.1, -0.05) is 18.9 Å². The van der Waals surface area contributed by atoms with Crippen molar-refractivity contribution >= 4 is 23.1 Å². The van der Waals surface area contributed by atoms with Crippen LogP contribution in [-0.2, 0) is 9.53 Å². The van der Waals surface area contributed by atoms with Crippen LogP contribution in [0, 0.1) is 5.92 Å². The summed E-state index contributed by atoms with van der Waals surface area (Å²) in [6, 6.07) is 9.67. The third kappa shape index (κ3) is 5.35. The fourth-order valence-corrected chi connectivity index (χ4v) is 4.21. The SMILES string of the molecule is CCOC1=C(c2ccc(C(CC3CC3)C(=O)Nc3ccc(C(=O)O)cc3)nc2)C(F)=C(C)CC1. The van der Waals surface area contributed by atoms with Crippen LogP contribution in [0.2, 0.25) is 0 Å². The fourth-order valence-electron chi connectivity index (χ4n) is 4.21. The lowest BCUT2D eigenvalue weighted by Gasteiger charge is -2.21. The molecule has 2 aromatic rings. The summed E-state index contributed by atoms with van der Waals surface area (Å²) in [6.45, 7) is 4.14. The predicted octanol–water partition coefficient (Wildman–Crippen LogP) is 6.09. The Hall–Kier alpha value is -3.48. The molecule has 34 heavy (non-hydrogen) atoms. The van der Waals surface area contributed by atoms with E-state index in [9.17, 15) is 9.59 Å². The molecular formula is C27H29FN2O4. The molecule has 1 unspecified atom stereocenters. The lowest BCUT2D eigenvalue weighted by Crippen LogP contribution is -2.22. The van der Waals surface area contributed by atoms with E-state index in [0.717, 1.165) is 12.8 Å². The summed E-state index contributed by atoms with van der Waals surface area (Å²) in [4.78, 5) is 28.8. The van der Waals surface area contributed by atoms with Gasteiger partial charge in [0.25, 0.3) is 0 Å². The molecule has 1 heterocycles. The number of aromatic carboxylic acids is 1. The van der Waals surface area contributed by atoms with E-state index >= 15 is 4.39 Å². The van der Waals surface area contributed by atoms with Crippen molar-refractivity contribution in [2.24, 2.45) is 5.92 Å². The van der Waals surface area contributed by atoms with E-state index in [4.69, 9.17) is 9.84 Å². The average Bonchev–Trinajstić information content (AvgIpc) is 3.65. The second-order valence-electron chi connectivity index (χ2n) is 8.90. The Bertz CT molecular complexity index is 1130. The van der Waals surface area contributed by atoms with Crippen LogP contribution in [0.1, 0.15) is 73.5 Å². The first-order valence-corrected chi connectivity index (χ1v) is 11.7. The standard InChI is InChI=1S/C27H29FN2O4/c1-3-34-23-13-4-16(2)25(28)24(23)19-9-12-22(29-15-19)21(14-17-5-6-17)26(31)30-20-10-7-18(8-11-20)27(32)33/h7-12,15,17,21H,3-6,13-14H2,1-2H3,(H,30,31)(H,32,33). The number of carboxylic acids is 1. The van der Waals surface area contributed by atoms with E-state index in [-0.39, 0.29) is 17.3 Å². The molecule has 0 spiro atoms. The number of halogens is 1. The Morgan fingerprint density at radius 2 is 1.91 bits per heavy atom. The van der Waals surface area contributed by atoms with Gasteiger partial charge >= 0.3 is 5.97 Å². The van der Waals surface area contributed by atoms with Crippen LogP contribution in [0.4, 0.5) is 10.1 Å². The van der Waals surface area contributed by atoms with Crippen molar-refractivity contribution in [1.29, 1.82) is 0 Å². The Balaban J connectivity index is 1.57. The molecule has 7 heteroatoms. The van der Waals surface area contributed by atoms with Gasteiger partial charge < -0.3 is 15.2 Å². The molecule has 1 atom stereocenters. The van der Waals surface area contributed by atoms with Crippen LogP contribution in [-0.4, -0.2) is 28.6 Å². The molecule has 2 aliphatic rings. The number of hydrogen-bond donors (Lipinski definition) is 2. The van der Waals surface area contributed by atoms with Crippen molar-refractivity contribution in [1.82, 2.24) is 4.98 Å². The smallest absolute Gasteiger partial charge is 0.335 e. The maximum absolute atomic E-state index is 15.0. The number of nitrogens with one attached hydrogen (secondary N) is 1. The number of amides is 1. The lowest BCUT2D eigenvalue weighted by atomic mass is 9.92. The molecule has 4 rings (SSSR count). The second kappa shape index (κ2) is 10.2. The lowest BCUT2D eigenvalue weighted by molar-refractivity contribution is -0.117. The number of anilines is 1. The summed E-state index contributed by atoms with van der Waals surface area (Å²) in [7, 11) is 0. The molecule has 1 fully saturated rings. The van der Waals surface area contributed by atoms with Crippen molar-refractivity contribution in [3.05, 3.63) is 76.6 Å². The first kappa shape index (κ1) is 23.7. The number of hydrogen-bond acceptors (Lipinski definition) is 4. The maximum Gasteiger partial charge on any atom is 0.335 e. The van der Waals surface area contributed by atoms with E-state index in [1.165, 1.54) is 12.1 Å². The number of carbonyl (C=O) groups is 2. The fraction of sp³-hybridized carbons (Fsp3) is 0.370. The minimum Gasteiger partial charge on any atom is -0.497 e. The number of aromatic nitrogens is 1. The second-order valence-corrected chi connectivity index (χ2v) is 8.90. The molecule has 178 valence electrons. The number of carboxylic acid groups (broad SMARTS) is 1. The summed E-state index contributed by atoms with van der Waals surface area (Å²) in [6.07, 6.45) is 5.78. The highest BCUT2D eigenvalue weighted by molar-refractivity contribution is 5.96. The summed E-state index contributed by atoms with van der Waals surface area (Å²) in [5, 5.41) is 11.9. The van der Waals surface area contributed by atoms with Gasteiger partial charge in [0.05, 0.1) is 29.4 Å². The Labute approximate surface area is 198 Å². The van der Waals surface area contributed by atoms with Gasteiger partial charge in [-0.2, -0.15) is 0 Å².